The first kappa shape index (κ1) is 15.8. The van der Waals surface area contributed by atoms with Crippen LogP contribution in [0.2, 0.25) is 0 Å². The maximum atomic E-state index is 9.98. The number of benzene rings is 1. The molecule has 3 rings (SSSR count). The van der Waals surface area contributed by atoms with Gasteiger partial charge >= 0.3 is 0 Å². The van der Waals surface area contributed by atoms with E-state index in [-0.39, 0.29) is 6.61 Å². The summed E-state index contributed by atoms with van der Waals surface area (Å²) in [6, 6.07) is 12.8. The Morgan fingerprint density at radius 1 is 1.21 bits per heavy atom. The number of para-hydroxylation sites is 1. The number of rotatable bonds is 2. The van der Waals surface area contributed by atoms with Gasteiger partial charge in [-0.3, -0.25) is 5.41 Å². The van der Waals surface area contributed by atoms with E-state index in [1.807, 2.05) is 18.2 Å². The van der Waals surface area contributed by atoms with Gasteiger partial charge in [0.15, 0.2) is 10.8 Å². The number of hydrogen-bond donors (Lipinski definition) is 1. The van der Waals surface area contributed by atoms with Gasteiger partial charge in [0.25, 0.3) is 0 Å². The molecule has 0 radical (unpaired) electrons. The highest BCUT2D eigenvalue weighted by Crippen LogP contribution is 2.64. The molecular formula is C17H14N4O3. The summed E-state index contributed by atoms with van der Waals surface area (Å²) in [5.41, 5.74) is -3.07. The fourth-order valence-electron chi connectivity index (χ4n) is 3.68. The predicted octanol–water partition coefficient (Wildman–Crippen LogP) is 2.08. The minimum atomic E-state index is -1.85. The first-order valence-electron chi connectivity index (χ1n) is 7.23. The molecule has 0 saturated carbocycles. The zero-order valence-corrected chi connectivity index (χ0v) is 13.2. The normalized spacial score (nSPS) is 32.8. The van der Waals surface area contributed by atoms with Gasteiger partial charge in [0, 0.05) is 12.5 Å². The summed E-state index contributed by atoms with van der Waals surface area (Å²) in [6.45, 7) is 1.30. The van der Waals surface area contributed by atoms with E-state index >= 15 is 0 Å². The highest BCUT2D eigenvalue weighted by atomic mass is 16.7. The summed E-state index contributed by atoms with van der Waals surface area (Å²) in [5.74, 6) is -2.14. The van der Waals surface area contributed by atoms with Crippen molar-refractivity contribution in [3.05, 3.63) is 29.8 Å². The monoisotopic (exact) mass is 322 g/mol. The minimum Gasteiger partial charge on any atom is -0.496 e. The van der Waals surface area contributed by atoms with Crippen molar-refractivity contribution in [3.63, 3.8) is 0 Å². The Kier molecular flexibility index (Phi) is 3.27. The quantitative estimate of drug-likeness (QED) is 0.889. The smallest absolute Gasteiger partial charge is 0.218 e. The van der Waals surface area contributed by atoms with Crippen molar-refractivity contribution in [2.45, 2.75) is 18.6 Å². The number of nitriles is 3. The fourth-order valence-corrected chi connectivity index (χ4v) is 3.68. The van der Waals surface area contributed by atoms with Gasteiger partial charge in [-0.1, -0.05) is 18.2 Å². The Labute approximate surface area is 139 Å². The molecule has 3 atom stereocenters. The van der Waals surface area contributed by atoms with Crippen LogP contribution < -0.4 is 4.74 Å². The lowest BCUT2D eigenvalue weighted by molar-refractivity contribution is -0.214. The fraction of sp³-hybridized carbons (Fsp3) is 0.412. The summed E-state index contributed by atoms with van der Waals surface area (Å²) in [6.07, 6.45) is 0. The second-order valence-corrected chi connectivity index (χ2v) is 5.96. The topological polar surface area (TPSA) is 123 Å². The van der Waals surface area contributed by atoms with Crippen molar-refractivity contribution < 1.29 is 14.2 Å². The SMILES string of the molecule is COc1ccccc1C1C2(C)OCC(C#N)(C#N)C1(C#N)C(=N)O2. The molecule has 2 fully saturated rings. The van der Waals surface area contributed by atoms with Crippen molar-refractivity contribution in [1.82, 2.24) is 0 Å². The van der Waals surface area contributed by atoms with E-state index in [2.05, 4.69) is 0 Å². The second-order valence-electron chi connectivity index (χ2n) is 5.96. The first-order chi connectivity index (χ1) is 11.4. The van der Waals surface area contributed by atoms with Crippen LogP contribution in [0.15, 0.2) is 24.3 Å². The van der Waals surface area contributed by atoms with Gasteiger partial charge in [0.05, 0.1) is 37.8 Å². The van der Waals surface area contributed by atoms with Gasteiger partial charge in [-0.25, -0.2) is 0 Å². The Balaban J connectivity index is 2.36. The summed E-state index contributed by atoms with van der Waals surface area (Å²) in [7, 11) is 1.49. The molecule has 24 heavy (non-hydrogen) atoms. The van der Waals surface area contributed by atoms with Gasteiger partial charge in [0.2, 0.25) is 11.7 Å². The largest absolute Gasteiger partial charge is 0.496 e. The van der Waals surface area contributed by atoms with Crippen LogP contribution in [0.5, 0.6) is 5.75 Å². The highest BCUT2D eigenvalue weighted by Gasteiger charge is 2.77. The van der Waals surface area contributed by atoms with E-state index in [9.17, 15) is 15.8 Å². The molecule has 7 heteroatoms. The molecule has 0 spiro atoms. The van der Waals surface area contributed by atoms with Crippen molar-refractivity contribution in [3.8, 4) is 24.0 Å². The molecule has 1 aromatic carbocycles. The van der Waals surface area contributed by atoms with Crippen molar-refractivity contribution in [2.75, 3.05) is 13.7 Å². The minimum absolute atomic E-state index is 0.307. The molecule has 2 bridgehead atoms. The molecule has 0 aliphatic carbocycles. The van der Waals surface area contributed by atoms with Crippen LogP contribution in [0.4, 0.5) is 0 Å². The average molecular weight is 322 g/mol. The van der Waals surface area contributed by atoms with Gasteiger partial charge in [-0.2, -0.15) is 15.8 Å². The average Bonchev–Trinajstić information content (AvgIpc) is 2.78. The van der Waals surface area contributed by atoms with E-state index in [1.165, 1.54) is 7.11 Å². The summed E-state index contributed by atoms with van der Waals surface area (Å²) >= 11 is 0. The van der Waals surface area contributed by atoms with Gasteiger partial charge in [-0.15, -0.1) is 0 Å². The standard InChI is InChI=1S/C17H14N4O3/c1-15-13(11-5-3-4-6-12(11)22-2)17(9-20,14(21)24-15)16(7-18,8-19)10-23-15/h3-6,13,21H,10H2,1-2H3. The highest BCUT2D eigenvalue weighted by molar-refractivity contribution is 5.90. The van der Waals surface area contributed by atoms with Crippen molar-refractivity contribution >= 4 is 5.90 Å². The van der Waals surface area contributed by atoms with Gasteiger partial charge < -0.3 is 14.2 Å². The Hall–Kier alpha value is -3.08. The molecule has 0 aromatic heterocycles. The third-order valence-corrected chi connectivity index (χ3v) is 4.88. The molecule has 0 amide bonds. The molecule has 1 aromatic rings. The van der Waals surface area contributed by atoms with E-state index in [0.29, 0.717) is 11.3 Å². The Morgan fingerprint density at radius 2 is 1.88 bits per heavy atom. The molecular weight excluding hydrogens is 308 g/mol. The number of fused-ring (bicyclic) bond motifs is 2. The molecule has 2 aliphatic rings. The van der Waals surface area contributed by atoms with Gasteiger partial charge in [0.1, 0.15) is 5.75 Å². The number of hydrogen-bond acceptors (Lipinski definition) is 7. The third kappa shape index (κ3) is 1.58. The summed E-state index contributed by atoms with van der Waals surface area (Å²) < 4.78 is 16.6. The lowest BCUT2D eigenvalue weighted by Crippen LogP contribution is -2.56. The van der Waals surface area contributed by atoms with Crippen LogP contribution in [-0.4, -0.2) is 25.4 Å². The summed E-state index contributed by atoms with van der Waals surface area (Å²) in [5, 5.41) is 37.6. The van der Waals surface area contributed by atoms with Crippen molar-refractivity contribution in [2.24, 2.45) is 10.8 Å². The summed E-state index contributed by atoms with van der Waals surface area (Å²) in [4.78, 5) is 0. The zero-order valence-electron chi connectivity index (χ0n) is 13.2. The Morgan fingerprint density at radius 3 is 2.46 bits per heavy atom. The number of methoxy groups -OCH3 is 1. The molecule has 3 unspecified atom stereocenters. The number of nitrogens with one attached hydrogen (secondary N) is 1. The lowest BCUT2D eigenvalue weighted by atomic mass is 9.55. The first-order valence-corrected chi connectivity index (χ1v) is 7.23. The molecule has 2 saturated heterocycles. The van der Waals surface area contributed by atoms with Crippen molar-refractivity contribution in [1.29, 1.82) is 21.2 Å². The second kappa shape index (κ2) is 4.96. The number of nitrogens with zero attached hydrogens (tertiary/aromatic N) is 3. The molecule has 7 nitrogen and oxygen atoms in total. The maximum absolute atomic E-state index is 9.98. The van der Waals surface area contributed by atoms with Crippen LogP contribution in [0.25, 0.3) is 0 Å². The molecule has 120 valence electrons. The van der Waals surface area contributed by atoms with E-state index < -0.39 is 28.4 Å². The third-order valence-electron chi connectivity index (χ3n) is 4.88. The van der Waals surface area contributed by atoms with Crippen LogP contribution in [0.1, 0.15) is 18.4 Å². The van der Waals surface area contributed by atoms with Gasteiger partial charge in [-0.05, 0) is 6.07 Å². The van der Waals surface area contributed by atoms with E-state index in [1.54, 1.807) is 31.2 Å². The van der Waals surface area contributed by atoms with E-state index in [4.69, 9.17) is 19.6 Å². The molecule has 2 heterocycles. The Bertz CT molecular complexity index is 833. The van der Waals surface area contributed by atoms with Crippen LogP contribution in [0.3, 0.4) is 0 Å². The van der Waals surface area contributed by atoms with Crippen LogP contribution in [0, 0.1) is 50.2 Å². The molecule has 1 N–H and O–H groups in total. The van der Waals surface area contributed by atoms with Crippen LogP contribution >= 0.6 is 0 Å². The van der Waals surface area contributed by atoms with E-state index in [0.717, 1.165) is 0 Å². The number of ether oxygens (including phenoxy) is 3. The lowest BCUT2D eigenvalue weighted by Gasteiger charge is -2.44. The molecule has 2 aliphatic heterocycles. The van der Waals surface area contributed by atoms with Crippen LogP contribution in [-0.2, 0) is 9.47 Å². The zero-order chi connectivity index (χ0) is 17.6. The predicted molar refractivity (Wildman–Crippen MR) is 80.6 cm³/mol. The maximum Gasteiger partial charge on any atom is 0.218 e.